The molecule has 1 aliphatic heterocycles. The van der Waals surface area contributed by atoms with E-state index in [1.54, 1.807) is 14.2 Å². The van der Waals surface area contributed by atoms with Gasteiger partial charge >= 0.3 is 0 Å². The van der Waals surface area contributed by atoms with Crippen LogP contribution in [0.25, 0.3) is 0 Å². The molecule has 1 aliphatic rings. The summed E-state index contributed by atoms with van der Waals surface area (Å²) in [7, 11) is 3.32. The van der Waals surface area contributed by atoms with Gasteiger partial charge in [-0.05, 0) is 42.2 Å². The molecule has 1 heterocycles. The van der Waals surface area contributed by atoms with Crippen molar-refractivity contribution in [2.24, 2.45) is 0 Å². The Kier molecular flexibility index (Phi) is 6.57. The normalized spacial score (nSPS) is 17.5. The van der Waals surface area contributed by atoms with Gasteiger partial charge in [-0.3, -0.25) is 9.69 Å². The Hall–Kier alpha value is -2.53. The molecule has 0 spiro atoms. The Morgan fingerprint density at radius 3 is 2.50 bits per heavy atom. The highest BCUT2D eigenvalue weighted by Crippen LogP contribution is 2.40. The number of benzene rings is 2. The third kappa shape index (κ3) is 4.30. The van der Waals surface area contributed by atoms with Crippen LogP contribution in [0.15, 0.2) is 42.5 Å². The molecule has 0 bridgehead atoms. The molecule has 2 atom stereocenters. The fourth-order valence-electron chi connectivity index (χ4n) is 4.04. The average molecular weight is 383 g/mol. The van der Waals surface area contributed by atoms with Gasteiger partial charge in [0, 0.05) is 25.6 Å². The molecule has 150 valence electrons. The van der Waals surface area contributed by atoms with E-state index in [1.165, 1.54) is 16.7 Å². The zero-order valence-corrected chi connectivity index (χ0v) is 17.2. The third-order valence-corrected chi connectivity index (χ3v) is 5.44. The number of hydrogen-bond donors (Lipinski definition) is 1. The number of ether oxygens (including phenoxy) is 2. The minimum atomic E-state index is -0.0201. The predicted octanol–water partition coefficient (Wildman–Crippen LogP) is 3.72. The van der Waals surface area contributed by atoms with E-state index in [2.05, 4.69) is 53.5 Å². The first kappa shape index (κ1) is 20.2. The lowest BCUT2D eigenvalue weighted by atomic mass is 9.87. The fraction of sp³-hybridized carbons (Fsp3) is 0.435. The molecular weight excluding hydrogens is 352 g/mol. The van der Waals surface area contributed by atoms with Crippen LogP contribution in [0.5, 0.6) is 11.5 Å². The highest BCUT2D eigenvalue weighted by Gasteiger charge is 2.33. The first-order valence-electron chi connectivity index (χ1n) is 9.89. The van der Waals surface area contributed by atoms with Gasteiger partial charge in [0.15, 0.2) is 11.5 Å². The number of carbonyl (C=O) groups is 1. The molecule has 5 nitrogen and oxygen atoms in total. The van der Waals surface area contributed by atoms with E-state index < -0.39 is 0 Å². The second-order valence-electron chi connectivity index (χ2n) is 7.27. The molecular formula is C23H30N2O3. The molecule has 0 fully saturated rings. The molecule has 1 amide bonds. The smallest absolute Gasteiger partial charge is 0.219 e. The Bertz CT molecular complexity index is 807. The van der Waals surface area contributed by atoms with E-state index in [0.717, 1.165) is 31.0 Å². The third-order valence-electron chi connectivity index (χ3n) is 5.44. The summed E-state index contributed by atoms with van der Waals surface area (Å²) in [6, 6.07) is 14.7. The molecule has 0 saturated heterocycles. The van der Waals surface area contributed by atoms with Crippen molar-refractivity contribution in [1.82, 2.24) is 10.2 Å². The topological polar surface area (TPSA) is 50.8 Å². The summed E-state index contributed by atoms with van der Waals surface area (Å²) in [4.78, 5) is 14.5. The van der Waals surface area contributed by atoms with Crippen molar-refractivity contribution in [2.45, 2.75) is 45.3 Å². The van der Waals surface area contributed by atoms with Crippen molar-refractivity contribution in [3.8, 4) is 11.5 Å². The summed E-state index contributed by atoms with van der Waals surface area (Å²) in [6.45, 7) is 5.73. The highest BCUT2D eigenvalue weighted by atomic mass is 16.5. The Morgan fingerprint density at radius 2 is 1.86 bits per heavy atom. The molecule has 1 N–H and O–H groups in total. The van der Waals surface area contributed by atoms with Gasteiger partial charge < -0.3 is 14.8 Å². The Labute approximate surface area is 167 Å². The molecule has 0 aliphatic carbocycles. The monoisotopic (exact) mass is 382 g/mol. The first-order valence-corrected chi connectivity index (χ1v) is 9.89. The first-order chi connectivity index (χ1) is 13.6. The maximum absolute atomic E-state index is 12.1. The van der Waals surface area contributed by atoms with Gasteiger partial charge in [-0.15, -0.1) is 0 Å². The van der Waals surface area contributed by atoms with Crippen LogP contribution in [-0.2, 0) is 17.8 Å². The zero-order chi connectivity index (χ0) is 20.1. The fourth-order valence-corrected chi connectivity index (χ4v) is 4.04. The number of nitrogens with one attached hydrogen (secondary N) is 1. The van der Waals surface area contributed by atoms with E-state index in [0.29, 0.717) is 6.42 Å². The van der Waals surface area contributed by atoms with E-state index in [1.807, 2.05) is 13.0 Å². The van der Waals surface area contributed by atoms with Crippen LogP contribution in [0.2, 0.25) is 0 Å². The van der Waals surface area contributed by atoms with E-state index in [-0.39, 0.29) is 18.0 Å². The van der Waals surface area contributed by atoms with Crippen LogP contribution in [0, 0.1) is 0 Å². The van der Waals surface area contributed by atoms with Gasteiger partial charge in [-0.2, -0.15) is 0 Å². The Morgan fingerprint density at radius 1 is 1.18 bits per heavy atom. The predicted molar refractivity (Wildman–Crippen MR) is 111 cm³/mol. The highest BCUT2D eigenvalue weighted by molar-refractivity contribution is 5.76. The van der Waals surface area contributed by atoms with E-state index in [9.17, 15) is 4.79 Å². The minimum absolute atomic E-state index is 0.0201. The zero-order valence-electron chi connectivity index (χ0n) is 17.2. The number of fused-ring (bicyclic) bond motifs is 1. The summed E-state index contributed by atoms with van der Waals surface area (Å²) in [5.74, 6) is 1.54. The number of hydrogen-bond acceptors (Lipinski definition) is 4. The molecule has 2 aromatic carbocycles. The van der Waals surface area contributed by atoms with E-state index >= 15 is 0 Å². The minimum Gasteiger partial charge on any atom is -0.493 e. The van der Waals surface area contributed by atoms with Crippen LogP contribution in [0.4, 0.5) is 0 Å². The van der Waals surface area contributed by atoms with Gasteiger partial charge in [0.05, 0.1) is 20.3 Å². The van der Waals surface area contributed by atoms with Gasteiger partial charge in [-0.25, -0.2) is 0 Å². The lowest BCUT2D eigenvalue weighted by Gasteiger charge is -2.41. The number of nitrogens with zero attached hydrogens (tertiary/aromatic N) is 1. The molecule has 0 unspecified atom stereocenters. The second-order valence-corrected chi connectivity index (χ2v) is 7.27. The quantitative estimate of drug-likeness (QED) is 0.793. The summed E-state index contributed by atoms with van der Waals surface area (Å²) >= 11 is 0. The van der Waals surface area contributed by atoms with Crippen molar-refractivity contribution in [3.05, 3.63) is 59.2 Å². The number of methoxy groups -OCH3 is 2. The number of carbonyl (C=O) groups excluding carboxylic acids is 1. The molecule has 0 saturated carbocycles. The summed E-state index contributed by atoms with van der Waals surface area (Å²) in [5.41, 5.74) is 3.72. The summed E-state index contributed by atoms with van der Waals surface area (Å²) < 4.78 is 11.0. The lowest BCUT2D eigenvalue weighted by molar-refractivity contribution is -0.121. The maximum Gasteiger partial charge on any atom is 0.219 e. The molecule has 2 aromatic rings. The molecule has 3 rings (SSSR count). The van der Waals surface area contributed by atoms with Crippen molar-refractivity contribution in [3.63, 3.8) is 0 Å². The lowest BCUT2D eigenvalue weighted by Crippen LogP contribution is -2.47. The number of rotatable bonds is 7. The van der Waals surface area contributed by atoms with Crippen LogP contribution in [0.3, 0.4) is 0 Å². The number of amides is 1. The maximum atomic E-state index is 12.1. The van der Waals surface area contributed by atoms with Crippen LogP contribution >= 0.6 is 0 Å². The van der Waals surface area contributed by atoms with Gasteiger partial charge in [0.25, 0.3) is 0 Å². The van der Waals surface area contributed by atoms with Gasteiger partial charge in [0.1, 0.15) is 0 Å². The SMILES string of the molecule is CCC(=O)N[C@H](C)[C@H]1c2cc(OC)c(OC)cc2CCN1Cc1ccccc1. The molecule has 28 heavy (non-hydrogen) atoms. The van der Waals surface area contributed by atoms with E-state index in [4.69, 9.17) is 9.47 Å². The second kappa shape index (κ2) is 9.11. The summed E-state index contributed by atoms with van der Waals surface area (Å²) in [5, 5.41) is 3.17. The van der Waals surface area contributed by atoms with Crippen molar-refractivity contribution < 1.29 is 14.3 Å². The molecule has 0 aromatic heterocycles. The van der Waals surface area contributed by atoms with Crippen molar-refractivity contribution >= 4 is 5.91 Å². The van der Waals surface area contributed by atoms with Crippen molar-refractivity contribution in [2.75, 3.05) is 20.8 Å². The van der Waals surface area contributed by atoms with Crippen LogP contribution < -0.4 is 14.8 Å². The summed E-state index contributed by atoms with van der Waals surface area (Å²) in [6.07, 6.45) is 1.42. The van der Waals surface area contributed by atoms with Crippen molar-refractivity contribution in [1.29, 1.82) is 0 Å². The molecule has 0 radical (unpaired) electrons. The average Bonchev–Trinajstić information content (AvgIpc) is 2.72. The van der Waals surface area contributed by atoms with Gasteiger partial charge in [-0.1, -0.05) is 37.3 Å². The standard InChI is InChI=1S/C23H30N2O3/c1-5-22(26)24-16(2)23-19-14-21(28-4)20(27-3)13-18(19)11-12-25(23)15-17-9-7-6-8-10-17/h6-10,13-14,16,23H,5,11-12,15H2,1-4H3,(H,24,26)/t16-,23+/m1/s1. The van der Waals surface area contributed by atoms with Gasteiger partial charge in [0.2, 0.25) is 5.91 Å². The largest absolute Gasteiger partial charge is 0.493 e. The van der Waals surface area contributed by atoms with Crippen LogP contribution in [0.1, 0.15) is 43.0 Å². The van der Waals surface area contributed by atoms with Crippen LogP contribution in [-0.4, -0.2) is 37.6 Å². The molecule has 5 heteroatoms. The Balaban J connectivity index is 1.99.